The van der Waals surface area contributed by atoms with Crippen LogP contribution in [-0.2, 0) is 9.59 Å². The molecule has 1 rings (SSSR count). The summed E-state index contributed by atoms with van der Waals surface area (Å²) in [5.74, 6) is 0. The molecule has 0 aromatic rings. The Bertz CT molecular complexity index is 232. The predicted octanol–water partition coefficient (Wildman–Crippen LogP) is 1.14. The molecule has 1 saturated heterocycles. The molecule has 2 atom stereocenters. The van der Waals surface area contributed by atoms with Crippen molar-refractivity contribution in [3.63, 3.8) is 0 Å². The van der Waals surface area contributed by atoms with Gasteiger partial charge in [-0.1, -0.05) is 0 Å². The van der Waals surface area contributed by atoms with Gasteiger partial charge in [-0.15, -0.1) is 23.5 Å². The summed E-state index contributed by atoms with van der Waals surface area (Å²) in [4.78, 5) is 27.0. The summed E-state index contributed by atoms with van der Waals surface area (Å²) in [6.45, 7) is 1.98. The van der Waals surface area contributed by atoms with Gasteiger partial charge in [0.15, 0.2) is 0 Å². The molecule has 0 aromatic carbocycles. The molecule has 0 N–H and O–H groups in total. The third kappa shape index (κ3) is 2.22. The Morgan fingerprint density at radius 3 is 1.83 bits per heavy atom. The largest absolute Gasteiger partial charge is 0.236 e. The molecule has 0 spiro atoms. The zero-order valence-electron chi connectivity index (χ0n) is 6.26. The van der Waals surface area contributed by atoms with Gasteiger partial charge in [0.2, 0.25) is 12.2 Å². The lowest BCUT2D eigenvalue weighted by Gasteiger charge is -2.02. The Morgan fingerprint density at radius 2 is 1.50 bits per heavy atom. The van der Waals surface area contributed by atoms with Gasteiger partial charge in [0, 0.05) is 0 Å². The van der Waals surface area contributed by atoms with Crippen molar-refractivity contribution in [3.05, 3.63) is 0 Å². The lowest BCUT2D eigenvalue weighted by molar-refractivity contribution is 0.558. The van der Waals surface area contributed by atoms with Gasteiger partial charge in [0.1, 0.15) is 10.7 Å². The summed E-state index contributed by atoms with van der Waals surface area (Å²) in [5, 5.41) is -0.548. The van der Waals surface area contributed by atoms with Crippen LogP contribution < -0.4 is 0 Å². The summed E-state index contributed by atoms with van der Waals surface area (Å²) in [7, 11) is 0. The number of isocyanates is 2. The van der Waals surface area contributed by atoms with Crippen molar-refractivity contribution >= 4 is 35.7 Å². The van der Waals surface area contributed by atoms with Crippen molar-refractivity contribution < 1.29 is 9.59 Å². The first-order valence-corrected chi connectivity index (χ1v) is 5.11. The van der Waals surface area contributed by atoms with Crippen LogP contribution in [0.25, 0.3) is 0 Å². The second-order valence-electron chi connectivity index (χ2n) is 2.06. The lowest BCUT2D eigenvalue weighted by atomic mass is 10.6. The first-order valence-electron chi connectivity index (χ1n) is 3.23. The molecule has 64 valence electrons. The number of carbonyl (C=O) groups excluding carboxylic acids is 2. The number of thioether (sulfide) groups is 2. The Labute approximate surface area is 77.9 Å². The third-order valence-electron chi connectivity index (χ3n) is 1.27. The standard InChI is InChI=1S/C6H6N2O2S2/c1-4-11-5(7-2-9)6(12-4)8-3-10/h4-6H,1H3. The molecule has 0 radical (unpaired) electrons. The van der Waals surface area contributed by atoms with E-state index in [0.29, 0.717) is 4.58 Å². The molecule has 0 aliphatic carbocycles. The summed E-state index contributed by atoms with van der Waals surface area (Å²) in [5.41, 5.74) is 0. The van der Waals surface area contributed by atoms with E-state index in [1.807, 2.05) is 6.92 Å². The molecule has 0 bridgehead atoms. The number of rotatable bonds is 2. The second kappa shape index (κ2) is 4.48. The van der Waals surface area contributed by atoms with Gasteiger partial charge < -0.3 is 0 Å². The van der Waals surface area contributed by atoms with Gasteiger partial charge in [-0.25, -0.2) is 9.59 Å². The Hall–Kier alpha value is -0.540. The quantitative estimate of drug-likeness (QED) is 0.497. The molecule has 12 heavy (non-hydrogen) atoms. The Balaban J connectivity index is 2.71. The van der Waals surface area contributed by atoms with Crippen LogP contribution in [0.15, 0.2) is 9.98 Å². The maximum Gasteiger partial charge on any atom is 0.236 e. The first-order chi connectivity index (χ1) is 5.77. The highest BCUT2D eigenvalue weighted by Crippen LogP contribution is 2.43. The number of aliphatic imine (C=N–C) groups is 2. The van der Waals surface area contributed by atoms with Crippen LogP contribution in [0.2, 0.25) is 0 Å². The smallest absolute Gasteiger partial charge is 0.211 e. The van der Waals surface area contributed by atoms with E-state index in [2.05, 4.69) is 9.98 Å². The highest BCUT2D eigenvalue weighted by Gasteiger charge is 2.33. The number of hydrogen-bond donors (Lipinski definition) is 0. The van der Waals surface area contributed by atoms with E-state index in [1.54, 1.807) is 0 Å². The molecular weight excluding hydrogens is 196 g/mol. The van der Waals surface area contributed by atoms with E-state index < -0.39 is 0 Å². The molecule has 0 saturated carbocycles. The summed E-state index contributed by atoms with van der Waals surface area (Å²) in [6, 6.07) is 0. The molecule has 6 heteroatoms. The molecule has 0 aromatic heterocycles. The first kappa shape index (κ1) is 9.55. The van der Waals surface area contributed by atoms with Crippen molar-refractivity contribution in [2.75, 3.05) is 0 Å². The minimum atomic E-state index is -0.274. The highest BCUT2D eigenvalue weighted by atomic mass is 32.2. The molecule has 0 amide bonds. The molecule has 4 nitrogen and oxygen atoms in total. The van der Waals surface area contributed by atoms with E-state index in [-0.39, 0.29) is 10.7 Å². The normalized spacial score (nSPS) is 33.6. The van der Waals surface area contributed by atoms with Crippen LogP contribution in [0, 0.1) is 0 Å². The maximum absolute atomic E-state index is 9.96. The molecule has 1 aliphatic rings. The number of hydrogen-bond acceptors (Lipinski definition) is 6. The van der Waals surface area contributed by atoms with Crippen molar-refractivity contribution in [1.29, 1.82) is 0 Å². The van der Waals surface area contributed by atoms with Crippen LogP contribution in [0.5, 0.6) is 0 Å². The van der Waals surface area contributed by atoms with Gasteiger partial charge >= 0.3 is 0 Å². The SMILES string of the molecule is CC1SC(N=C=O)C(N=C=O)S1. The van der Waals surface area contributed by atoms with Crippen LogP contribution in [-0.4, -0.2) is 27.5 Å². The van der Waals surface area contributed by atoms with Crippen molar-refractivity contribution in [2.24, 2.45) is 9.98 Å². The topological polar surface area (TPSA) is 58.9 Å². The maximum atomic E-state index is 9.96. The average molecular weight is 202 g/mol. The van der Waals surface area contributed by atoms with Gasteiger partial charge in [-0.3, -0.25) is 0 Å². The fraction of sp³-hybridized carbons (Fsp3) is 0.667. The molecule has 1 aliphatic heterocycles. The Kier molecular flexibility index (Phi) is 3.56. The van der Waals surface area contributed by atoms with Gasteiger partial charge in [0.05, 0.1) is 4.58 Å². The van der Waals surface area contributed by atoms with Gasteiger partial charge in [0.25, 0.3) is 0 Å². The minimum absolute atomic E-state index is 0.274. The molecule has 2 unspecified atom stereocenters. The third-order valence-corrected chi connectivity index (χ3v) is 4.16. The lowest BCUT2D eigenvalue weighted by Crippen LogP contribution is -2.08. The summed E-state index contributed by atoms with van der Waals surface area (Å²) >= 11 is 3.00. The summed E-state index contributed by atoms with van der Waals surface area (Å²) in [6.07, 6.45) is 2.94. The Morgan fingerprint density at radius 1 is 1.08 bits per heavy atom. The van der Waals surface area contributed by atoms with Crippen LogP contribution >= 0.6 is 23.5 Å². The molecular formula is C6H6N2O2S2. The van der Waals surface area contributed by atoms with Crippen LogP contribution in [0.1, 0.15) is 6.92 Å². The minimum Gasteiger partial charge on any atom is -0.211 e. The number of nitrogens with zero attached hydrogens (tertiary/aromatic N) is 2. The molecule has 1 heterocycles. The van der Waals surface area contributed by atoms with Crippen molar-refractivity contribution in [2.45, 2.75) is 22.3 Å². The molecule has 1 fully saturated rings. The predicted molar refractivity (Wildman–Crippen MR) is 48.5 cm³/mol. The van der Waals surface area contributed by atoms with E-state index in [4.69, 9.17) is 0 Å². The average Bonchev–Trinajstić information content (AvgIpc) is 2.33. The van der Waals surface area contributed by atoms with Crippen molar-refractivity contribution in [1.82, 2.24) is 0 Å². The van der Waals surface area contributed by atoms with Crippen LogP contribution in [0.4, 0.5) is 0 Å². The second-order valence-corrected chi connectivity index (χ2v) is 5.28. The fourth-order valence-corrected chi connectivity index (χ4v) is 3.56. The highest BCUT2D eigenvalue weighted by molar-refractivity contribution is 8.20. The monoisotopic (exact) mass is 202 g/mol. The van der Waals surface area contributed by atoms with Gasteiger partial charge in [-0.05, 0) is 6.92 Å². The zero-order chi connectivity index (χ0) is 8.97. The van der Waals surface area contributed by atoms with Crippen molar-refractivity contribution in [3.8, 4) is 0 Å². The van der Waals surface area contributed by atoms with Gasteiger partial charge in [-0.2, -0.15) is 9.98 Å². The zero-order valence-corrected chi connectivity index (χ0v) is 7.89. The van der Waals surface area contributed by atoms with E-state index >= 15 is 0 Å². The summed E-state index contributed by atoms with van der Waals surface area (Å²) < 4.78 is 0.300. The van der Waals surface area contributed by atoms with E-state index in [0.717, 1.165) is 0 Å². The van der Waals surface area contributed by atoms with Crippen LogP contribution in [0.3, 0.4) is 0 Å². The fourth-order valence-electron chi connectivity index (χ4n) is 0.851. The van der Waals surface area contributed by atoms with E-state index in [9.17, 15) is 9.59 Å². The van der Waals surface area contributed by atoms with E-state index in [1.165, 1.54) is 35.7 Å².